The summed E-state index contributed by atoms with van der Waals surface area (Å²) in [6.45, 7) is 8.69. The Kier molecular flexibility index (Phi) is 10.3. The summed E-state index contributed by atoms with van der Waals surface area (Å²) >= 11 is 0. The second kappa shape index (κ2) is 10.4. The minimum absolute atomic E-state index is 0.681. The molecule has 92 valence electrons. The molecule has 0 saturated carbocycles. The number of nitrogens with one attached hydrogen (secondary N) is 1. The molecule has 0 aliphatic rings. The molecule has 1 N–H and O–H groups in total. The minimum Gasteiger partial charge on any atom is -0.385 e. The summed E-state index contributed by atoms with van der Waals surface area (Å²) < 4.78 is 5.05. The van der Waals surface area contributed by atoms with E-state index in [4.69, 9.17) is 4.74 Å². The topological polar surface area (TPSA) is 24.5 Å². The Morgan fingerprint density at radius 3 is 2.67 bits per heavy atom. The van der Waals surface area contributed by atoms with Gasteiger partial charge >= 0.3 is 0 Å². The van der Waals surface area contributed by atoms with Gasteiger partial charge in [0.05, 0.1) is 0 Å². The third-order valence-corrected chi connectivity index (χ3v) is 2.84. The monoisotopic (exact) mass is 216 g/mol. The first-order valence-electron chi connectivity index (χ1n) is 6.12. The summed E-state index contributed by atoms with van der Waals surface area (Å²) in [5.41, 5.74) is 0. The summed E-state index contributed by atoms with van der Waals surface area (Å²) in [4.78, 5) is 2.42. The normalized spacial score (nSPS) is 13.4. The van der Waals surface area contributed by atoms with E-state index in [9.17, 15) is 0 Å². The van der Waals surface area contributed by atoms with Gasteiger partial charge in [-0.25, -0.2) is 0 Å². The number of nitrogens with zero attached hydrogens (tertiary/aromatic N) is 1. The standard InChI is InChI=1S/C12H28N2O/c1-5-13-9-6-8-12(2)14(3)10-7-11-15-4/h12-13H,5-11H2,1-4H3. The molecular formula is C12H28N2O. The van der Waals surface area contributed by atoms with Crippen LogP contribution in [0.4, 0.5) is 0 Å². The van der Waals surface area contributed by atoms with Gasteiger partial charge < -0.3 is 15.0 Å². The van der Waals surface area contributed by atoms with Crippen molar-refractivity contribution in [3.63, 3.8) is 0 Å². The van der Waals surface area contributed by atoms with E-state index in [1.165, 1.54) is 12.8 Å². The molecule has 0 bridgehead atoms. The van der Waals surface area contributed by atoms with E-state index in [0.717, 1.165) is 32.7 Å². The maximum Gasteiger partial charge on any atom is 0.0474 e. The van der Waals surface area contributed by atoms with Gasteiger partial charge in [0.2, 0.25) is 0 Å². The van der Waals surface area contributed by atoms with E-state index in [1.54, 1.807) is 7.11 Å². The number of ether oxygens (including phenoxy) is 1. The highest BCUT2D eigenvalue weighted by atomic mass is 16.5. The van der Waals surface area contributed by atoms with Gasteiger partial charge in [-0.15, -0.1) is 0 Å². The van der Waals surface area contributed by atoms with Gasteiger partial charge in [0, 0.05) is 26.3 Å². The first-order chi connectivity index (χ1) is 7.22. The van der Waals surface area contributed by atoms with Gasteiger partial charge in [0.1, 0.15) is 0 Å². The molecule has 1 atom stereocenters. The summed E-state index contributed by atoms with van der Waals surface area (Å²) in [5, 5.41) is 3.36. The van der Waals surface area contributed by atoms with E-state index < -0.39 is 0 Å². The molecule has 0 heterocycles. The van der Waals surface area contributed by atoms with Crippen LogP contribution in [0.25, 0.3) is 0 Å². The molecule has 15 heavy (non-hydrogen) atoms. The van der Waals surface area contributed by atoms with Crippen LogP contribution >= 0.6 is 0 Å². The van der Waals surface area contributed by atoms with Crippen molar-refractivity contribution in [1.82, 2.24) is 10.2 Å². The van der Waals surface area contributed by atoms with Crippen molar-refractivity contribution in [2.45, 2.75) is 39.2 Å². The van der Waals surface area contributed by atoms with E-state index >= 15 is 0 Å². The summed E-state index contributed by atoms with van der Waals surface area (Å²) in [6.07, 6.45) is 3.67. The zero-order valence-corrected chi connectivity index (χ0v) is 10.9. The van der Waals surface area contributed by atoms with Gasteiger partial charge in [0.15, 0.2) is 0 Å². The second-order valence-corrected chi connectivity index (χ2v) is 4.17. The van der Waals surface area contributed by atoms with Crippen LogP contribution < -0.4 is 5.32 Å². The van der Waals surface area contributed by atoms with Gasteiger partial charge in [-0.1, -0.05) is 6.92 Å². The average Bonchev–Trinajstić information content (AvgIpc) is 2.24. The first-order valence-corrected chi connectivity index (χ1v) is 6.12. The van der Waals surface area contributed by atoms with Crippen LogP contribution in [0.3, 0.4) is 0 Å². The molecule has 0 aromatic carbocycles. The van der Waals surface area contributed by atoms with Crippen LogP contribution in [-0.2, 0) is 4.74 Å². The molecule has 0 aromatic rings. The van der Waals surface area contributed by atoms with Crippen molar-refractivity contribution in [2.24, 2.45) is 0 Å². The lowest BCUT2D eigenvalue weighted by molar-refractivity contribution is 0.165. The lowest BCUT2D eigenvalue weighted by atomic mass is 10.1. The second-order valence-electron chi connectivity index (χ2n) is 4.17. The lowest BCUT2D eigenvalue weighted by Gasteiger charge is -2.24. The van der Waals surface area contributed by atoms with E-state index in [1.807, 2.05) is 0 Å². The largest absolute Gasteiger partial charge is 0.385 e. The zero-order valence-electron chi connectivity index (χ0n) is 10.9. The third kappa shape index (κ3) is 8.85. The lowest BCUT2D eigenvalue weighted by Crippen LogP contribution is -2.31. The number of methoxy groups -OCH3 is 1. The molecule has 0 aromatic heterocycles. The Morgan fingerprint density at radius 1 is 1.33 bits per heavy atom. The molecular weight excluding hydrogens is 188 g/mol. The van der Waals surface area contributed by atoms with E-state index in [2.05, 4.69) is 31.1 Å². The van der Waals surface area contributed by atoms with Crippen LogP contribution in [0.5, 0.6) is 0 Å². The van der Waals surface area contributed by atoms with E-state index in [0.29, 0.717) is 6.04 Å². The van der Waals surface area contributed by atoms with Gasteiger partial charge in [-0.3, -0.25) is 0 Å². The Balaban J connectivity index is 3.38. The first kappa shape index (κ1) is 14.9. The highest BCUT2D eigenvalue weighted by molar-refractivity contribution is 4.63. The quantitative estimate of drug-likeness (QED) is 0.563. The molecule has 0 radical (unpaired) electrons. The van der Waals surface area contributed by atoms with Crippen LogP contribution in [0.15, 0.2) is 0 Å². The molecule has 0 aliphatic heterocycles. The van der Waals surface area contributed by atoms with Crippen molar-refractivity contribution in [2.75, 3.05) is 40.4 Å². The maximum atomic E-state index is 5.05. The molecule has 3 nitrogen and oxygen atoms in total. The van der Waals surface area contributed by atoms with Gasteiger partial charge in [0.25, 0.3) is 0 Å². The smallest absolute Gasteiger partial charge is 0.0474 e. The van der Waals surface area contributed by atoms with Crippen molar-refractivity contribution in [3.8, 4) is 0 Å². The highest BCUT2D eigenvalue weighted by Gasteiger charge is 2.07. The van der Waals surface area contributed by atoms with Crippen LogP contribution in [0.1, 0.15) is 33.1 Å². The molecule has 0 aliphatic carbocycles. The van der Waals surface area contributed by atoms with Gasteiger partial charge in [-0.05, 0) is 46.3 Å². The van der Waals surface area contributed by atoms with Gasteiger partial charge in [-0.2, -0.15) is 0 Å². The Hall–Kier alpha value is -0.120. The number of hydrogen-bond acceptors (Lipinski definition) is 3. The number of hydrogen-bond donors (Lipinski definition) is 1. The summed E-state index contributed by atoms with van der Waals surface area (Å²) in [5.74, 6) is 0. The molecule has 0 amide bonds. The minimum atomic E-state index is 0.681. The maximum absolute atomic E-state index is 5.05. The zero-order chi connectivity index (χ0) is 11.5. The average molecular weight is 216 g/mol. The van der Waals surface area contributed by atoms with Crippen molar-refractivity contribution < 1.29 is 4.74 Å². The Morgan fingerprint density at radius 2 is 2.07 bits per heavy atom. The Labute approximate surface area is 95.2 Å². The molecule has 0 rings (SSSR count). The van der Waals surface area contributed by atoms with Crippen molar-refractivity contribution in [1.29, 1.82) is 0 Å². The van der Waals surface area contributed by atoms with Crippen LogP contribution in [0.2, 0.25) is 0 Å². The molecule has 0 fully saturated rings. The summed E-state index contributed by atoms with van der Waals surface area (Å²) in [6, 6.07) is 0.681. The fourth-order valence-corrected chi connectivity index (χ4v) is 1.60. The Bertz CT molecular complexity index is 131. The fraction of sp³-hybridized carbons (Fsp3) is 1.00. The summed E-state index contributed by atoms with van der Waals surface area (Å²) in [7, 11) is 3.97. The van der Waals surface area contributed by atoms with Crippen LogP contribution in [-0.4, -0.2) is 51.3 Å². The SMILES string of the molecule is CCNCCCC(C)N(C)CCCOC. The molecule has 3 heteroatoms. The molecule has 1 unspecified atom stereocenters. The van der Waals surface area contributed by atoms with E-state index in [-0.39, 0.29) is 0 Å². The van der Waals surface area contributed by atoms with Crippen molar-refractivity contribution in [3.05, 3.63) is 0 Å². The highest BCUT2D eigenvalue weighted by Crippen LogP contribution is 2.04. The predicted octanol–water partition coefficient (Wildman–Crippen LogP) is 1.73. The third-order valence-electron chi connectivity index (χ3n) is 2.84. The molecule has 0 saturated heterocycles. The van der Waals surface area contributed by atoms with Crippen molar-refractivity contribution >= 4 is 0 Å². The molecule has 0 spiro atoms. The predicted molar refractivity (Wildman–Crippen MR) is 66.4 cm³/mol. The van der Waals surface area contributed by atoms with Crippen LogP contribution in [0, 0.1) is 0 Å². The number of rotatable bonds is 10. The fourth-order valence-electron chi connectivity index (χ4n) is 1.60.